The predicted octanol–water partition coefficient (Wildman–Crippen LogP) is 4.91. The SMILES string of the molecule is O=C1/C(=C\c2ccco2)N=C(c2ccc(F)cc2)N1c1ccc(Cl)cc1. The van der Waals surface area contributed by atoms with E-state index in [4.69, 9.17) is 16.0 Å². The molecule has 1 amide bonds. The van der Waals surface area contributed by atoms with Gasteiger partial charge in [-0.1, -0.05) is 11.6 Å². The predicted molar refractivity (Wildman–Crippen MR) is 98.6 cm³/mol. The van der Waals surface area contributed by atoms with Crippen LogP contribution < -0.4 is 4.90 Å². The van der Waals surface area contributed by atoms with E-state index in [1.54, 1.807) is 54.6 Å². The van der Waals surface area contributed by atoms with Gasteiger partial charge in [0, 0.05) is 16.7 Å². The molecular weight excluding hydrogens is 355 g/mol. The first-order chi connectivity index (χ1) is 12.6. The highest BCUT2D eigenvalue weighted by atomic mass is 35.5. The minimum absolute atomic E-state index is 0.231. The normalized spacial score (nSPS) is 15.6. The van der Waals surface area contributed by atoms with Gasteiger partial charge in [-0.05, 0) is 60.7 Å². The average Bonchev–Trinajstić information content (AvgIpc) is 3.26. The molecule has 0 bridgehead atoms. The highest BCUT2D eigenvalue weighted by Gasteiger charge is 2.32. The molecule has 1 aliphatic rings. The molecule has 3 aromatic rings. The number of carbonyl (C=O) groups is 1. The summed E-state index contributed by atoms with van der Waals surface area (Å²) in [6.45, 7) is 0. The summed E-state index contributed by atoms with van der Waals surface area (Å²) in [7, 11) is 0. The van der Waals surface area contributed by atoms with Gasteiger partial charge in [-0.15, -0.1) is 0 Å². The van der Waals surface area contributed by atoms with Crippen LogP contribution >= 0.6 is 11.6 Å². The third-order valence-corrected chi connectivity index (χ3v) is 4.12. The lowest BCUT2D eigenvalue weighted by atomic mass is 10.1. The highest BCUT2D eigenvalue weighted by Crippen LogP contribution is 2.29. The minimum atomic E-state index is -0.358. The highest BCUT2D eigenvalue weighted by molar-refractivity contribution is 6.33. The van der Waals surface area contributed by atoms with E-state index in [-0.39, 0.29) is 17.4 Å². The van der Waals surface area contributed by atoms with Crippen molar-refractivity contribution >= 4 is 35.1 Å². The lowest BCUT2D eigenvalue weighted by Crippen LogP contribution is -2.32. The topological polar surface area (TPSA) is 45.8 Å². The minimum Gasteiger partial charge on any atom is -0.465 e. The molecule has 128 valence electrons. The summed E-state index contributed by atoms with van der Waals surface area (Å²) >= 11 is 5.95. The summed E-state index contributed by atoms with van der Waals surface area (Å²) in [5, 5.41) is 0.562. The number of rotatable bonds is 3. The second-order valence-electron chi connectivity index (χ2n) is 5.60. The molecule has 4 rings (SSSR count). The summed E-state index contributed by atoms with van der Waals surface area (Å²) in [6.07, 6.45) is 3.09. The zero-order chi connectivity index (χ0) is 18.1. The first-order valence-corrected chi connectivity index (χ1v) is 8.19. The number of aliphatic imine (C=N–C) groups is 1. The number of halogens is 2. The van der Waals surface area contributed by atoms with Gasteiger partial charge in [0.2, 0.25) is 0 Å². The maximum atomic E-state index is 13.3. The van der Waals surface area contributed by atoms with Gasteiger partial charge in [-0.3, -0.25) is 9.69 Å². The summed E-state index contributed by atoms with van der Waals surface area (Å²) in [4.78, 5) is 18.9. The Labute approximate surface area is 153 Å². The van der Waals surface area contributed by atoms with Crippen LogP contribution in [0.4, 0.5) is 10.1 Å². The lowest BCUT2D eigenvalue weighted by molar-refractivity contribution is -0.113. The fourth-order valence-corrected chi connectivity index (χ4v) is 2.77. The van der Waals surface area contributed by atoms with Crippen LogP contribution in [0.15, 0.2) is 82.0 Å². The first-order valence-electron chi connectivity index (χ1n) is 7.82. The molecule has 0 unspecified atom stereocenters. The van der Waals surface area contributed by atoms with Crippen molar-refractivity contribution in [3.05, 3.63) is 94.8 Å². The second kappa shape index (κ2) is 6.61. The number of amides is 1. The van der Waals surface area contributed by atoms with Crippen LogP contribution in [0.5, 0.6) is 0 Å². The van der Waals surface area contributed by atoms with Crippen LogP contribution in [0.3, 0.4) is 0 Å². The van der Waals surface area contributed by atoms with Crippen LogP contribution in [0, 0.1) is 5.82 Å². The van der Waals surface area contributed by atoms with E-state index in [0.717, 1.165) is 0 Å². The molecular formula is C20H12ClFN2O2. The number of benzene rings is 2. The standard InChI is InChI=1S/C20H12ClFN2O2/c21-14-5-9-16(10-6-14)24-19(13-3-7-15(22)8-4-13)23-18(20(24)25)12-17-2-1-11-26-17/h1-12H/b18-12+. The Bertz CT molecular complexity index is 1010. The molecule has 6 heteroatoms. The maximum absolute atomic E-state index is 13.3. The largest absolute Gasteiger partial charge is 0.465 e. The number of hydrogen-bond acceptors (Lipinski definition) is 3. The molecule has 2 heterocycles. The molecule has 2 aromatic carbocycles. The Morgan fingerprint density at radius 3 is 2.42 bits per heavy atom. The summed E-state index contributed by atoms with van der Waals surface area (Å²) in [5.74, 6) is 0.273. The van der Waals surface area contributed by atoms with Crippen molar-refractivity contribution in [3.8, 4) is 0 Å². The van der Waals surface area contributed by atoms with E-state index < -0.39 is 0 Å². The number of anilines is 1. The Hall–Kier alpha value is -3.18. The molecule has 0 N–H and O–H groups in total. The third-order valence-electron chi connectivity index (χ3n) is 3.87. The van der Waals surface area contributed by atoms with Crippen molar-refractivity contribution in [2.24, 2.45) is 4.99 Å². The van der Waals surface area contributed by atoms with E-state index in [1.807, 2.05) is 0 Å². The van der Waals surface area contributed by atoms with Crippen molar-refractivity contribution in [1.29, 1.82) is 0 Å². The van der Waals surface area contributed by atoms with Gasteiger partial charge in [0.15, 0.2) is 0 Å². The lowest BCUT2D eigenvalue weighted by Gasteiger charge is -2.18. The second-order valence-corrected chi connectivity index (χ2v) is 6.04. The van der Waals surface area contributed by atoms with Crippen LogP contribution in [0.1, 0.15) is 11.3 Å². The molecule has 0 saturated carbocycles. The van der Waals surface area contributed by atoms with Gasteiger partial charge in [0.05, 0.1) is 12.0 Å². The Balaban J connectivity index is 1.82. The van der Waals surface area contributed by atoms with E-state index >= 15 is 0 Å². The van der Waals surface area contributed by atoms with Crippen LogP contribution in [-0.2, 0) is 4.79 Å². The monoisotopic (exact) mass is 366 g/mol. The van der Waals surface area contributed by atoms with Gasteiger partial charge >= 0.3 is 0 Å². The molecule has 0 fully saturated rings. The maximum Gasteiger partial charge on any atom is 0.282 e. The molecule has 26 heavy (non-hydrogen) atoms. The molecule has 0 atom stereocenters. The van der Waals surface area contributed by atoms with Gasteiger partial charge in [-0.2, -0.15) is 0 Å². The van der Waals surface area contributed by atoms with E-state index in [0.29, 0.717) is 27.9 Å². The van der Waals surface area contributed by atoms with Gasteiger partial charge in [0.1, 0.15) is 23.1 Å². The summed E-state index contributed by atoms with van der Waals surface area (Å²) < 4.78 is 18.6. The zero-order valence-electron chi connectivity index (χ0n) is 13.4. The number of nitrogens with zero attached hydrogens (tertiary/aromatic N) is 2. The number of carbonyl (C=O) groups excluding carboxylic acids is 1. The fourth-order valence-electron chi connectivity index (χ4n) is 2.65. The quantitative estimate of drug-likeness (QED) is 0.618. The van der Waals surface area contributed by atoms with Crippen LogP contribution in [0.25, 0.3) is 6.08 Å². The van der Waals surface area contributed by atoms with Crippen molar-refractivity contribution in [1.82, 2.24) is 0 Å². The first kappa shape index (κ1) is 16.3. The average molecular weight is 367 g/mol. The van der Waals surface area contributed by atoms with Crippen molar-refractivity contribution in [3.63, 3.8) is 0 Å². The third kappa shape index (κ3) is 3.05. The summed E-state index contributed by atoms with van der Waals surface area (Å²) in [6, 6.07) is 16.1. The Morgan fingerprint density at radius 1 is 1.04 bits per heavy atom. The van der Waals surface area contributed by atoms with Gasteiger partial charge in [0.25, 0.3) is 5.91 Å². The van der Waals surface area contributed by atoms with Gasteiger partial charge in [-0.25, -0.2) is 9.38 Å². The molecule has 1 aromatic heterocycles. The fraction of sp³-hybridized carbons (Fsp3) is 0. The molecule has 0 aliphatic carbocycles. The smallest absolute Gasteiger partial charge is 0.282 e. The Morgan fingerprint density at radius 2 is 1.77 bits per heavy atom. The van der Waals surface area contributed by atoms with E-state index in [9.17, 15) is 9.18 Å². The van der Waals surface area contributed by atoms with E-state index in [2.05, 4.69) is 4.99 Å². The number of amidine groups is 1. The molecule has 0 spiro atoms. The van der Waals surface area contributed by atoms with Crippen molar-refractivity contribution in [2.45, 2.75) is 0 Å². The van der Waals surface area contributed by atoms with Crippen LogP contribution in [-0.4, -0.2) is 11.7 Å². The zero-order valence-corrected chi connectivity index (χ0v) is 14.2. The molecule has 0 radical (unpaired) electrons. The van der Waals surface area contributed by atoms with Crippen molar-refractivity contribution in [2.75, 3.05) is 4.90 Å². The van der Waals surface area contributed by atoms with Gasteiger partial charge < -0.3 is 4.42 Å². The van der Waals surface area contributed by atoms with Crippen molar-refractivity contribution < 1.29 is 13.6 Å². The number of hydrogen-bond donors (Lipinski definition) is 0. The molecule has 0 saturated heterocycles. The number of furan rings is 1. The molecule has 4 nitrogen and oxygen atoms in total. The van der Waals surface area contributed by atoms with Crippen LogP contribution in [0.2, 0.25) is 5.02 Å². The van der Waals surface area contributed by atoms with E-state index in [1.165, 1.54) is 23.3 Å². The summed E-state index contributed by atoms with van der Waals surface area (Å²) in [5.41, 5.74) is 1.47. The molecule has 1 aliphatic heterocycles. The Kier molecular flexibility index (Phi) is 4.14.